The standard InChI is InChI=1S/C7H17NO/c1-6(4-5-8)7(2,3)9/h6,9H,4-5,8H2,1-3H3. The van der Waals surface area contributed by atoms with Crippen molar-refractivity contribution < 1.29 is 5.11 Å². The first-order chi connectivity index (χ1) is 3.98. The van der Waals surface area contributed by atoms with E-state index in [1.165, 1.54) is 0 Å². The Hall–Kier alpha value is -0.0800. The Morgan fingerprint density at radius 2 is 2.00 bits per heavy atom. The minimum Gasteiger partial charge on any atom is -0.390 e. The molecule has 0 saturated heterocycles. The third kappa shape index (κ3) is 3.49. The highest BCUT2D eigenvalue weighted by Crippen LogP contribution is 2.17. The molecule has 0 amide bonds. The highest BCUT2D eigenvalue weighted by Gasteiger charge is 2.20. The molecule has 0 spiro atoms. The van der Waals surface area contributed by atoms with E-state index in [9.17, 15) is 5.11 Å². The van der Waals surface area contributed by atoms with Gasteiger partial charge in [-0.1, -0.05) is 6.92 Å². The van der Waals surface area contributed by atoms with Crippen LogP contribution in [0.2, 0.25) is 0 Å². The van der Waals surface area contributed by atoms with Crippen LogP contribution in [0, 0.1) is 5.92 Å². The fourth-order valence-electron chi connectivity index (χ4n) is 0.603. The third-order valence-corrected chi connectivity index (χ3v) is 1.81. The second kappa shape index (κ2) is 3.18. The maximum atomic E-state index is 9.36. The molecule has 2 heteroatoms. The van der Waals surface area contributed by atoms with E-state index < -0.39 is 5.60 Å². The van der Waals surface area contributed by atoms with Crippen LogP contribution in [0.25, 0.3) is 0 Å². The maximum Gasteiger partial charge on any atom is 0.0617 e. The Kier molecular flexibility index (Phi) is 3.15. The molecule has 0 aliphatic carbocycles. The summed E-state index contributed by atoms with van der Waals surface area (Å²) in [5.74, 6) is 0.294. The van der Waals surface area contributed by atoms with Crippen molar-refractivity contribution >= 4 is 0 Å². The van der Waals surface area contributed by atoms with E-state index in [0.717, 1.165) is 6.42 Å². The minimum absolute atomic E-state index is 0.294. The topological polar surface area (TPSA) is 46.2 Å². The van der Waals surface area contributed by atoms with Crippen molar-refractivity contribution in [3.63, 3.8) is 0 Å². The van der Waals surface area contributed by atoms with E-state index in [0.29, 0.717) is 12.5 Å². The Labute approximate surface area is 57.1 Å². The molecule has 0 radical (unpaired) electrons. The zero-order chi connectivity index (χ0) is 7.49. The van der Waals surface area contributed by atoms with Crippen LogP contribution < -0.4 is 5.73 Å². The molecule has 1 unspecified atom stereocenters. The molecule has 0 rings (SSSR count). The molecule has 0 aromatic rings. The van der Waals surface area contributed by atoms with Gasteiger partial charge in [-0.2, -0.15) is 0 Å². The first-order valence-electron chi connectivity index (χ1n) is 3.41. The zero-order valence-corrected chi connectivity index (χ0v) is 6.52. The Morgan fingerprint density at radius 1 is 1.56 bits per heavy atom. The molecule has 9 heavy (non-hydrogen) atoms. The van der Waals surface area contributed by atoms with Gasteiger partial charge in [0, 0.05) is 0 Å². The highest BCUT2D eigenvalue weighted by molar-refractivity contribution is 4.72. The Bertz CT molecular complexity index is 75.5. The van der Waals surface area contributed by atoms with Crippen LogP contribution in [-0.2, 0) is 0 Å². The average molecular weight is 131 g/mol. The van der Waals surface area contributed by atoms with E-state index in [2.05, 4.69) is 0 Å². The van der Waals surface area contributed by atoms with Crippen molar-refractivity contribution in [2.24, 2.45) is 11.7 Å². The van der Waals surface area contributed by atoms with Crippen LogP contribution in [0.3, 0.4) is 0 Å². The van der Waals surface area contributed by atoms with Crippen LogP contribution in [0.5, 0.6) is 0 Å². The molecular weight excluding hydrogens is 114 g/mol. The van der Waals surface area contributed by atoms with Crippen LogP contribution in [-0.4, -0.2) is 17.3 Å². The summed E-state index contributed by atoms with van der Waals surface area (Å²) in [6, 6.07) is 0. The van der Waals surface area contributed by atoms with Crippen molar-refractivity contribution in [1.82, 2.24) is 0 Å². The molecule has 0 saturated carbocycles. The van der Waals surface area contributed by atoms with Crippen molar-refractivity contribution in [2.45, 2.75) is 32.8 Å². The molecule has 1 atom stereocenters. The Morgan fingerprint density at radius 3 is 2.11 bits per heavy atom. The van der Waals surface area contributed by atoms with Gasteiger partial charge in [0.25, 0.3) is 0 Å². The second-order valence-corrected chi connectivity index (χ2v) is 3.13. The molecular formula is C7H17NO. The van der Waals surface area contributed by atoms with E-state index >= 15 is 0 Å². The lowest BCUT2D eigenvalue weighted by Crippen LogP contribution is -2.30. The molecule has 2 nitrogen and oxygen atoms in total. The van der Waals surface area contributed by atoms with Crippen molar-refractivity contribution in [3.8, 4) is 0 Å². The van der Waals surface area contributed by atoms with E-state index in [1.807, 2.05) is 20.8 Å². The summed E-state index contributed by atoms with van der Waals surface area (Å²) in [5.41, 5.74) is 4.74. The minimum atomic E-state index is -0.570. The van der Waals surface area contributed by atoms with Gasteiger partial charge in [0.05, 0.1) is 5.60 Å². The van der Waals surface area contributed by atoms with Gasteiger partial charge in [-0.3, -0.25) is 0 Å². The normalized spacial score (nSPS) is 15.7. The van der Waals surface area contributed by atoms with Gasteiger partial charge < -0.3 is 10.8 Å². The summed E-state index contributed by atoms with van der Waals surface area (Å²) in [5, 5.41) is 9.36. The predicted molar refractivity (Wildman–Crippen MR) is 39.1 cm³/mol. The largest absolute Gasteiger partial charge is 0.390 e. The third-order valence-electron chi connectivity index (χ3n) is 1.81. The monoisotopic (exact) mass is 131 g/mol. The van der Waals surface area contributed by atoms with Crippen LogP contribution in [0.4, 0.5) is 0 Å². The Balaban J connectivity index is 3.59. The summed E-state index contributed by atoms with van der Waals surface area (Å²) in [7, 11) is 0. The van der Waals surface area contributed by atoms with Crippen molar-refractivity contribution in [3.05, 3.63) is 0 Å². The summed E-state index contributed by atoms with van der Waals surface area (Å²) >= 11 is 0. The van der Waals surface area contributed by atoms with Crippen molar-refractivity contribution in [1.29, 1.82) is 0 Å². The fraction of sp³-hybridized carbons (Fsp3) is 1.00. The summed E-state index contributed by atoms with van der Waals surface area (Å²) in [6.07, 6.45) is 0.892. The highest BCUT2D eigenvalue weighted by atomic mass is 16.3. The van der Waals surface area contributed by atoms with Crippen LogP contribution in [0.1, 0.15) is 27.2 Å². The van der Waals surface area contributed by atoms with Gasteiger partial charge in [0.1, 0.15) is 0 Å². The predicted octanol–water partition coefficient (Wildman–Crippen LogP) is 0.742. The lowest BCUT2D eigenvalue weighted by atomic mass is 9.90. The average Bonchev–Trinajstić information content (AvgIpc) is 1.64. The van der Waals surface area contributed by atoms with E-state index in [-0.39, 0.29) is 0 Å². The summed E-state index contributed by atoms with van der Waals surface area (Å²) < 4.78 is 0. The molecule has 0 aliphatic rings. The van der Waals surface area contributed by atoms with Gasteiger partial charge in [0.15, 0.2) is 0 Å². The lowest BCUT2D eigenvalue weighted by Gasteiger charge is -2.24. The van der Waals surface area contributed by atoms with E-state index in [4.69, 9.17) is 5.73 Å². The van der Waals surface area contributed by atoms with Gasteiger partial charge in [0.2, 0.25) is 0 Å². The SMILES string of the molecule is CC(CCN)C(C)(C)O. The van der Waals surface area contributed by atoms with Crippen LogP contribution in [0.15, 0.2) is 0 Å². The van der Waals surface area contributed by atoms with E-state index in [1.54, 1.807) is 0 Å². The molecule has 0 aromatic heterocycles. The number of hydrogen-bond donors (Lipinski definition) is 2. The van der Waals surface area contributed by atoms with Crippen LogP contribution >= 0.6 is 0 Å². The van der Waals surface area contributed by atoms with Gasteiger partial charge in [-0.15, -0.1) is 0 Å². The molecule has 0 aromatic carbocycles. The first kappa shape index (κ1) is 8.92. The molecule has 3 N–H and O–H groups in total. The van der Waals surface area contributed by atoms with Gasteiger partial charge in [-0.25, -0.2) is 0 Å². The number of rotatable bonds is 3. The molecule has 56 valence electrons. The fourth-order valence-corrected chi connectivity index (χ4v) is 0.603. The van der Waals surface area contributed by atoms with Gasteiger partial charge >= 0.3 is 0 Å². The second-order valence-electron chi connectivity index (χ2n) is 3.13. The number of aliphatic hydroxyl groups is 1. The summed E-state index contributed by atoms with van der Waals surface area (Å²) in [6.45, 7) is 6.29. The first-order valence-corrected chi connectivity index (χ1v) is 3.41. The molecule has 0 bridgehead atoms. The molecule has 0 heterocycles. The molecule has 0 fully saturated rings. The maximum absolute atomic E-state index is 9.36. The number of nitrogens with two attached hydrogens (primary N) is 1. The molecule has 0 aliphatic heterocycles. The summed E-state index contributed by atoms with van der Waals surface area (Å²) in [4.78, 5) is 0. The smallest absolute Gasteiger partial charge is 0.0617 e. The lowest BCUT2D eigenvalue weighted by molar-refractivity contribution is 0.0224. The zero-order valence-electron chi connectivity index (χ0n) is 6.52. The quantitative estimate of drug-likeness (QED) is 0.593. The van der Waals surface area contributed by atoms with Crippen molar-refractivity contribution in [2.75, 3.05) is 6.54 Å². The van der Waals surface area contributed by atoms with Gasteiger partial charge in [-0.05, 0) is 32.7 Å². The number of hydrogen-bond acceptors (Lipinski definition) is 2.